The summed E-state index contributed by atoms with van der Waals surface area (Å²) in [4.78, 5) is 0. The summed E-state index contributed by atoms with van der Waals surface area (Å²) < 4.78 is 26.0. The number of rotatable bonds is 0. The second kappa shape index (κ2) is 2.26. The molecule has 0 radical (unpaired) electrons. The molecule has 3 heteroatoms. The molecule has 64 valence electrons. The highest BCUT2D eigenvalue weighted by Crippen LogP contribution is 2.41. The van der Waals surface area contributed by atoms with Crippen molar-refractivity contribution >= 4 is 0 Å². The summed E-state index contributed by atoms with van der Waals surface area (Å²) in [6.45, 7) is 0. The zero-order chi connectivity index (χ0) is 8.77. The minimum absolute atomic E-state index is 0.218. The molecule has 1 atom stereocenters. The third kappa shape index (κ3) is 0.932. The van der Waals surface area contributed by atoms with Crippen LogP contribution in [0.5, 0.6) is 0 Å². The molecule has 2 rings (SSSR count). The highest BCUT2D eigenvalue weighted by Gasteiger charge is 2.44. The Morgan fingerprint density at radius 2 is 2.00 bits per heavy atom. The zero-order valence-electron chi connectivity index (χ0n) is 6.43. The molecule has 0 fully saturated rings. The highest BCUT2D eigenvalue weighted by molar-refractivity contribution is 5.37. The van der Waals surface area contributed by atoms with Crippen molar-refractivity contribution < 1.29 is 8.78 Å². The van der Waals surface area contributed by atoms with Gasteiger partial charge in [-0.2, -0.15) is 0 Å². The molecule has 0 saturated carbocycles. The van der Waals surface area contributed by atoms with Crippen molar-refractivity contribution in [1.29, 1.82) is 0 Å². The largest absolute Gasteiger partial charge is 0.319 e. The molecule has 0 aliphatic heterocycles. The summed E-state index contributed by atoms with van der Waals surface area (Å²) in [7, 11) is 0. The molecule has 0 heterocycles. The lowest BCUT2D eigenvalue weighted by Crippen LogP contribution is -2.28. The Labute approximate surface area is 69.2 Å². The van der Waals surface area contributed by atoms with E-state index in [1.807, 2.05) is 0 Å². The van der Waals surface area contributed by atoms with Crippen LogP contribution in [0.15, 0.2) is 24.3 Å². The lowest BCUT2D eigenvalue weighted by atomic mass is 10.1. The van der Waals surface area contributed by atoms with Crippen LogP contribution in [0.2, 0.25) is 0 Å². The number of hydrogen-bond donors (Lipinski definition) is 1. The van der Waals surface area contributed by atoms with Crippen LogP contribution >= 0.6 is 0 Å². The molecule has 0 bridgehead atoms. The number of benzene rings is 1. The topological polar surface area (TPSA) is 26.0 Å². The fourth-order valence-corrected chi connectivity index (χ4v) is 1.59. The van der Waals surface area contributed by atoms with Crippen molar-refractivity contribution in [3.63, 3.8) is 0 Å². The molecule has 1 aliphatic carbocycles. The summed E-state index contributed by atoms with van der Waals surface area (Å²) in [6, 6.07) is 5.75. The van der Waals surface area contributed by atoms with Gasteiger partial charge in [0.05, 0.1) is 6.04 Å². The fourth-order valence-electron chi connectivity index (χ4n) is 1.59. The van der Waals surface area contributed by atoms with Crippen LogP contribution in [-0.2, 0) is 6.42 Å². The minimum Gasteiger partial charge on any atom is -0.319 e. The number of halogens is 2. The highest BCUT2D eigenvalue weighted by atomic mass is 19.3. The molecule has 12 heavy (non-hydrogen) atoms. The predicted octanol–water partition coefficient (Wildman–Crippen LogP) is 1.88. The molecule has 2 N–H and O–H groups in total. The maximum absolute atomic E-state index is 13.0. The lowest BCUT2D eigenvalue weighted by Gasteiger charge is -2.13. The normalized spacial score (nSPS) is 25.4. The van der Waals surface area contributed by atoms with Gasteiger partial charge in [0, 0.05) is 6.42 Å². The molecular weight excluding hydrogens is 160 g/mol. The summed E-state index contributed by atoms with van der Waals surface area (Å²) in [5, 5.41) is 0. The first-order chi connectivity index (χ1) is 5.61. The third-order valence-electron chi connectivity index (χ3n) is 2.27. The molecule has 1 aromatic rings. The van der Waals surface area contributed by atoms with Gasteiger partial charge >= 0.3 is 0 Å². The molecule has 1 aromatic carbocycles. The first-order valence-electron chi connectivity index (χ1n) is 3.82. The van der Waals surface area contributed by atoms with E-state index in [2.05, 4.69) is 0 Å². The summed E-state index contributed by atoms with van der Waals surface area (Å²) in [5.74, 6) is -2.76. The van der Waals surface area contributed by atoms with E-state index in [0.717, 1.165) is 0 Å². The van der Waals surface area contributed by atoms with Gasteiger partial charge in [-0.1, -0.05) is 24.3 Å². The first kappa shape index (κ1) is 7.68. The van der Waals surface area contributed by atoms with Crippen molar-refractivity contribution in [2.45, 2.75) is 18.4 Å². The Balaban J connectivity index is 2.49. The van der Waals surface area contributed by atoms with E-state index in [-0.39, 0.29) is 6.42 Å². The minimum atomic E-state index is -2.76. The molecule has 0 amide bonds. The molecule has 1 nitrogen and oxygen atoms in total. The first-order valence-corrected chi connectivity index (χ1v) is 3.82. The van der Waals surface area contributed by atoms with E-state index in [4.69, 9.17) is 5.73 Å². The monoisotopic (exact) mass is 169 g/mol. The van der Waals surface area contributed by atoms with Crippen LogP contribution < -0.4 is 5.73 Å². The van der Waals surface area contributed by atoms with Gasteiger partial charge in [0.15, 0.2) is 0 Å². The fraction of sp³-hybridized carbons (Fsp3) is 0.333. The molecule has 0 unspecified atom stereocenters. The summed E-state index contributed by atoms with van der Waals surface area (Å²) >= 11 is 0. The van der Waals surface area contributed by atoms with Gasteiger partial charge in [-0.05, 0) is 11.1 Å². The Bertz CT molecular complexity index is 309. The Kier molecular flexibility index (Phi) is 1.45. The van der Waals surface area contributed by atoms with Crippen LogP contribution in [-0.4, -0.2) is 5.92 Å². The summed E-state index contributed by atoms with van der Waals surface area (Å²) in [6.07, 6.45) is -0.218. The van der Waals surface area contributed by atoms with Crippen LogP contribution in [0.25, 0.3) is 0 Å². The van der Waals surface area contributed by atoms with E-state index in [9.17, 15) is 8.78 Å². The maximum Gasteiger partial charge on any atom is 0.270 e. The second-order valence-electron chi connectivity index (χ2n) is 3.11. The van der Waals surface area contributed by atoms with E-state index in [1.54, 1.807) is 24.3 Å². The Morgan fingerprint density at radius 3 is 2.67 bits per heavy atom. The molecule has 0 spiro atoms. The SMILES string of the molecule is N[C@@H]1c2ccccc2CC1(F)F. The van der Waals surface area contributed by atoms with Gasteiger partial charge in [0.1, 0.15) is 0 Å². The van der Waals surface area contributed by atoms with Gasteiger partial charge in [-0.25, -0.2) is 8.78 Å². The molecule has 1 aliphatic rings. The third-order valence-corrected chi connectivity index (χ3v) is 2.27. The van der Waals surface area contributed by atoms with Gasteiger partial charge in [0.2, 0.25) is 0 Å². The van der Waals surface area contributed by atoms with E-state index in [1.165, 1.54) is 0 Å². The predicted molar refractivity (Wildman–Crippen MR) is 42.0 cm³/mol. The lowest BCUT2D eigenvalue weighted by molar-refractivity contribution is -0.0135. The average Bonchev–Trinajstić information content (AvgIpc) is 2.24. The van der Waals surface area contributed by atoms with Gasteiger partial charge in [-0.15, -0.1) is 0 Å². The Morgan fingerprint density at radius 1 is 1.33 bits per heavy atom. The van der Waals surface area contributed by atoms with Gasteiger partial charge in [-0.3, -0.25) is 0 Å². The van der Waals surface area contributed by atoms with Crippen molar-refractivity contribution in [2.75, 3.05) is 0 Å². The van der Waals surface area contributed by atoms with Crippen molar-refractivity contribution in [2.24, 2.45) is 5.73 Å². The average molecular weight is 169 g/mol. The molecule has 0 aromatic heterocycles. The smallest absolute Gasteiger partial charge is 0.270 e. The standard InChI is InChI=1S/C9H9F2N/c10-9(11)5-6-3-1-2-4-7(6)8(9)12/h1-4,8H,5,12H2/t8-/m1/s1. The van der Waals surface area contributed by atoms with Crippen LogP contribution in [0.3, 0.4) is 0 Å². The second-order valence-corrected chi connectivity index (χ2v) is 3.11. The quantitative estimate of drug-likeness (QED) is 0.630. The van der Waals surface area contributed by atoms with Crippen molar-refractivity contribution in [3.05, 3.63) is 35.4 Å². The number of alkyl halides is 2. The van der Waals surface area contributed by atoms with E-state index >= 15 is 0 Å². The number of fused-ring (bicyclic) bond motifs is 1. The van der Waals surface area contributed by atoms with Gasteiger partial charge < -0.3 is 5.73 Å². The maximum atomic E-state index is 13.0. The van der Waals surface area contributed by atoms with Crippen LogP contribution in [0.4, 0.5) is 8.78 Å². The number of nitrogens with two attached hydrogens (primary N) is 1. The van der Waals surface area contributed by atoms with Crippen molar-refractivity contribution in [3.8, 4) is 0 Å². The van der Waals surface area contributed by atoms with E-state index < -0.39 is 12.0 Å². The van der Waals surface area contributed by atoms with E-state index in [0.29, 0.717) is 11.1 Å². The molecule has 0 saturated heterocycles. The summed E-state index contributed by atoms with van der Waals surface area (Å²) in [5.41, 5.74) is 6.64. The number of hydrogen-bond acceptors (Lipinski definition) is 1. The van der Waals surface area contributed by atoms with Crippen LogP contribution in [0, 0.1) is 0 Å². The molecular formula is C9H9F2N. The van der Waals surface area contributed by atoms with Gasteiger partial charge in [0.25, 0.3) is 5.92 Å². The zero-order valence-corrected chi connectivity index (χ0v) is 6.43. The van der Waals surface area contributed by atoms with Crippen molar-refractivity contribution in [1.82, 2.24) is 0 Å². The van der Waals surface area contributed by atoms with Crippen LogP contribution in [0.1, 0.15) is 17.2 Å². The Hall–Kier alpha value is -0.960.